The number of urea groups is 1. The highest BCUT2D eigenvalue weighted by molar-refractivity contribution is 6.21. The van der Waals surface area contributed by atoms with Crippen molar-refractivity contribution in [2.75, 3.05) is 25.0 Å². The second kappa shape index (κ2) is 6.64. The fourth-order valence-electron chi connectivity index (χ4n) is 2.63. The molecule has 0 atom stereocenters. The van der Waals surface area contributed by atoms with Gasteiger partial charge in [0.25, 0.3) is 11.8 Å². The van der Waals surface area contributed by atoms with Gasteiger partial charge < -0.3 is 10.4 Å². The zero-order valence-electron chi connectivity index (χ0n) is 13.6. The first-order valence-corrected chi connectivity index (χ1v) is 7.75. The maximum atomic E-state index is 12.2. The summed E-state index contributed by atoms with van der Waals surface area (Å²) in [5.41, 5.74) is 1.39. The lowest BCUT2D eigenvalue weighted by Crippen LogP contribution is -2.42. The van der Waals surface area contributed by atoms with E-state index in [4.69, 9.17) is 0 Å². The number of anilines is 1. The van der Waals surface area contributed by atoms with Gasteiger partial charge in [-0.3, -0.25) is 19.4 Å². The van der Waals surface area contributed by atoms with Crippen LogP contribution in [0.4, 0.5) is 10.5 Å². The smallest absolute Gasteiger partial charge is 0.321 e. The summed E-state index contributed by atoms with van der Waals surface area (Å²) < 4.78 is 0. The third kappa shape index (κ3) is 3.16. The summed E-state index contributed by atoms with van der Waals surface area (Å²) in [6.45, 7) is 0.244. The molecule has 3 rings (SSSR count). The summed E-state index contributed by atoms with van der Waals surface area (Å²) in [4.78, 5) is 39.1. The highest BCUT2D eigenvalue weighted by Gasteiger charge is 2.34. The van der Waals surface area contributed by atoms with E-state index in [0.717, 1.165) is 4.90 Å². The van der Waals surface area contributed by atoms with Crippen LogP contribution in [0.25, 0.3) is 0 Å². The van der Waals surface area contributed by atoms with Crippen molar-refractivity contribution < 1.29 is 19.5 Å². The number of hydrogen-bond donors (Lipinski definition) is 2. The van der Waals surface area contributed by atoms with E-state index in [1.807, 2.05) is 0 Å². The molecule has 2 N–H and O–H groups in total. The Bertz CT molecular complexity index is 797. The number of carbonyl (C=O) groups excluding carboxylic acids is 3. The van der Waals surface area contributed by atoms with Gasteiger partial charge in [-0.15, -0.1) is 0 Å². The van der Waals surface area contributed by atoms with Crippen LogP contribution in [0.15, 0.2) is 48.5 Å². The molecule has 0 fully saturated rings. The summed E-state index contributed by atoms with van der Waals surface area (Å²) >= 11 is 0. The molecule has 0 aromatic heterocycles. The van der Waals surface area contributed by atoms with E-state index < -0.39 is 0 Å². The fourth-order valence-corrected chi connectivity index (χ4v) is 2.63. The highest BCUT2D eigenvalue weighted by atomic mass is 16.3. The molecule has 25 heavy (non-hydrogen) atoms. The topological polar surface area (TPSA) is 90.0 Å². The molecule has 0 spiro atoms. The van der Waals surface area contributed by atoms with E-state index in [9.17, 15) is 19.5 Å². The van der Waals surface area contributed by atoms with Gasteiger partial charge in [0.1, 0.15) is 5.75 Å². The van der Waals surface area contributed by atoms with Crippen LogP contribution in [-0.2, 0) is 0 Å². The molecule has 2 aromatic rings. The van der Waals surface area contributed by atoms with Crippen LogP contribution >= 0.6 is 0 Å². The van der Waals surface area contributed by atoms with E-state index in [0.29, 0.717) is 16.8 Å². The monoisotopic (exact) mass is 339 g/mol. The molecular weight excluding hydrogens is 322 g/mol. The Labute approximate surface area is 144 Å². The SMILES string of the molecule is CN(C(=O)NCCN1C(=O)c2ccccc2C1=O)c1ccc(O)cc1. The van der Waals surface area contributed by atoms with Crippen LogP contribution in [0.3, 0.4) is 0 Å². The van der Waals surface area contributed by atoms with E-state index in [1.54, 1.807) is 43.4 Å². The molecule has 128 valence electrons. The molecule has 0 saturated heterocycles. The van der Waals surface area contributed by atoms with Crippen molar-refractivity contribution in [1.29, 1.82) is 0 Å². The number of nitrogens with one attached hydrogen (secondary N) is 1. The first-order chi connectivity index (χ1) is 12.0. The van der Waals surface area contributed by atoms with Crippen molar-refractivity contribution >= 4 is 23.5 Å². The third-order valence-corrected chi connectivity index (χ3v) is 4.03. The molecule has 7 nitrogen and oxygen atoms in total. The van der Waals surface area contributed by atoms with Crippen LogP contribution in [0.1, 0.15) is 20.7 Å². The molecule has 0 bridgehead atoms. The summed E-state index contributed by atoms with van der Waals surface area (Å²) in [6.07, 6.45) is 0. The van der Waals surface area contributed by atoms with E-state index in [-0.39, 0.29) is 36.7 Å². The second-order valence-corrected chi connectivity index (χ2v) is 5.61. The zero-order chi connectivity index (χ0) is 18.0. The number of aromatic hydroxyl groups is 1. The summed E-state index contributed by atoms with van der Waals surface area (Å²) in [7, 11) is 1.59. The number of phenolic OH excluding ortho intramolecular Hbond substituents is 1. The average molecular weight is 339 g/mol. The summed E-state index contributed by atoms with van der Waals surface area (Å²) in [5, 5.41) is 11.9. The average Bonchev–Trinajstić information content (AvgIpc) is 2.87. The molecule has 0 unspecified atom stereocenters. The maximum Gasteiger partial charge on any atom is 0.321 e. The lowest BCUT2D eigenvalue weighted by Gasteiger charge is -2.19. The van der Waals surface area contributed by atoms with Gasteiger partial charge in [0.05, 0.1) is 11.1 Å². The number of imide groups is 1. The van der Waals surface area contributed by atoms with Crippen LogP contribution in [0.5, 0.6) is 5.75 Å². The molecule has 4 amide bonds. The lowest BCUT2D eigenvalue weighted by molar-refractivity contribution is 0.0656. The van der Waals surface area contributed by atoms with Crippen molar-refractivity contribution in [3.63, 3.8) is 0 Å². The number of hydrogen-bond acceptors (Lipinski definition) is 4. The number of phenols is 1. The maximum absolute atomic E-state index is 12.2. The molecule has 2 aromatic carbocycles. The highest BCUT2D eigenvalue weighted by Crippen LogP contribution is 2.22. The quantitative estimate of drug-likeness (QED) is 0.832. The summed E-state index contributed by atoms with van der Waals surface area (Å²) in [5.74, 6) is -0.577. The van der Waals surface area contributed by atoms with Crippen molar-refractivity contribution in [2.45, 2.75) is 0 Å². The number of fused-ring (bicyclic) bond motifs is 1. The van der Waals surface area contributed by atoms with Crippen LogP contribution < -0.4 is 10.2 Å². The molecule has 1 aliphatic rings. The Kier molecular flexibility index (Phi) is 4.38. The molecule has 1 aliphatic heterocycles. The second-order valence-electron chi connectivity index (χ2n) is 5.61. The van der Waals surface area contributed by atoms with Crippen molar-refractivity contribution in [2.24, 2.45) is 0 Å². The van der Waals surface area contributed by atoms with Gasteiger partial charge in [-0.1, -0.05) is 12.1 Å². The van der Waals surface area contributed by atoms with Crippen LogP contribution in [0, 0.1) is 0 Å². The number of carbonyl (C=O) groups is 3. The van der Waals surface area contributed by atoms with Gasteiger partial charge in [0.2, 0.25) is 0 Å². The Balaban J connectivity index is 1.56. The molecule has 0 aliphatic carbocycles. The molecule has 7 heteroatoms. The number of benzene rings is 2. The molecule has 0 saturated carbocycles. The first kappa shape index (κ1) is 16.5. The van der Waals surface area contributed by atoms with Gasteiger partial charge in [0, 0.05) is 25.8 Å². The number of amides is 4. The summed E-state index contributed by atoms with van der Waals surface area (Å²) in [6, 6.07) is 12.5. The number of nitrogens with zero attached hydrogens (tertiary/aromatic N) is 2. The van der Waals surface area contributed by atoms with Gasteiger partial charge >= 0.3 is 6.03 Å². The third-order valence-electron chi connectivity index (χ3n) is 4.03. The zero-order valence-corrected chi connectivity index (χ0v) is 13.6. The van der Waals surface area contributed by atoms with Crippen LogP contribution in [-0.4, -0.2) is 48.0 Å². The largest absolute Gasteiger partial charge is 0.508 e. The van der Waals surface area contributed by atoms with E-state index in [1.165, 1.54) is 17.0 Å². The Morgan fingerprint density at radius 3 is 2.16 bits per heavy atom. The van der Waals surface area contributed by atoms with Crippen molar-refractivity contribution in [3.05, 3.63) is 59.7 Å². The van der Waals surface area contributed by atoms with Crippen LogP contribution in [0.2, 0.25) is 0 Å². The fraction of sp³-hybridized carbons (Fsp3) is 0.167. The van der Waals surface area contributed by atoms with Gasteiger partial charge in [-0.05, 0) is 36.4 Å². The predicted molar refractivity (Wildman–Crippen MR) is 91.7 cm³/mol. The van der Waals surface area contributed by atoms with Crippen molar-refractivity contribution in [3.8, 4) is 5.75 Å². The minimum Gasteiger partial charge on any atom is -0.508 e. The first-order valence-electron chi connectivity index (χ1n) is 7.75. The van der Waals surface area contributed by atoms with E-state index >= 15 is 0 Å². The Hall–Kier alpha value is -3.35. The van der Waals surface area contributed by atoms with Gasteiger partial charge in [0.15, 0.2) is 0 Å². The standard InChI is InChI=1S/C18H17N3O4/c1-20(12-6-8-13(22)9-7-12)18(25)19-10-11-21-16(23)14-4-2-3-5-15(14)17(21)24/h2-9,22H,10-11H2,1H3,(H,19,25). The Morgan fingerprint density at radius 1 is 1.04 bits per heavy atom. The van der Waals surface area contributed by atoms with Gasteiger partial charge in [-0.2, -0.15) is 0 Å². The normalized spacial score (nSPS) is 12.9. The number of rotatable bonds is 4. The predicted octanol–water partition coefficient (Wildman–Crippen LogP) is 1.83. The lowest BCUT2D eigenvalue weighted by atomic mass is 10.1. The molecule has 1 heterocycles. The minimum absolute atomic E-state index is 0.0987. The van der Waals surface area contributed by atoms with E-state index in [2.05, 4.69) is 5.32 Å². The molecule has 0 radical (unpaired) electrons. The van der Waals surface area contributed by atoms with Crippen molar-refractivity contribution in [1.82, 2.24) is 10.2 Å². The molecular formula is C18H17N3O4. The Morgan fingerprint density at radius 2 is 1.60 bits per heavy atom. The van der Waals surface area contributed by atoms with Gasteiger partial charge in [-0.25, -0.2) is 4.79 Å². The minimum atomic E-state index is -0.373.